The minimum absolute atomic E-state index is 0.200. The molecule has 1 aliphatic rings. The molecule has 1 heterocycles. The van der Waals surface area contributed by atoms with Crippen molar-refractivity contribution in [2.45, 2.75) is 70.8 Å². The van der Waals surface area contributed by atoms with Gasteiger partial charge in [-0.05, 0) is 36.3 Å². The maximum Gasteiger partial charge on any atom is 0.0910 e. The zero-order chi connectivity index (χ0) is 13.2. The van der Waals surface area contributed by atoms with Crippen molar-refractivity contribution >= 4 is 11.3 Å². The molecular formula is C16H26OS. The Morgan fingerprint density at radius 1 is 1.11 bits per heavy atom. The van der Waals surface area contributed by atoms with Gasteiger partial charge in [-0.25, -0.2) is 0 Å². The highest BCUT2D eigenvalue weighted by Gasteiger charge is 2.25. The maximum absolute atomic E-state index is 10.6. The topological polar surface area (TPSA) is 20.2 Å². The summed E-state index contributed by atoms with van der Waals surface area (Å²) in [5, 5.41) is 10.6. The Morgan fingerprint density at radius 3 is 2.22 bits per heavy atom. The number of rotatable bonds is 2. The third-order valence-corrected chi connectivity index (χ3v) is 5.59. The van der Waals surface area contributed by atoms with Crippen LogP contribution >= 0.6 is 11.3 Å². The van der Waals surface area contributed by atoms with Crippen LogP contribution in [0.25, 0.3) is 0 Å². The Labute approximate surface area is 115 Å². The molecule has 1 unspecified atom stereocenters. The summed E-state index contributed by atoms with van der Waals surface area (Å²) in [6.07, 6.45) is 7.44. The van der Waals surface area contributed by atoms with Crippen LogP contribution in [0.2, 0.25) is 0 Å². The van der Waals surface area contributed by atoms with Gasteiger partial charge in [0.15, 0.2) is 0 Å². The van der Waals surface area contributed by atoms with Crippen LogP contribution in [-0.4, -0.2) is 5.11 Å². The molecule has 0 spiro atoms. The van der Waals surface area contributed by atoms with Gasteiger partial charge in [0, 0.05) is 9.75 Å². The highest BCUT2D eigenvalue weighted by molar-refractivity contribution is 7.12. The van der Waals surface area contributed by atoms with E-state index in [1.807, 2.05) is 0 Å². The van der Waals surface area contributed by atoms with Crippen molar-refractivity contribution in [1.29, 1.82) is 0 Å². The summed E-state index contributed by atoms with van der Waals surface area (Å²) >= 11 is 1.80. The van der Waals surface area contributed by atoms with Gasteiger partial charge < -0.3 is 5.11 Å². The molecule has 0 bridgehead atoms. The van der Waals surface area contributed by atoms with E-state index in [2.05, 4.69) is 32.9 Å². The Morgan fingerprint density at radius 2 is 1.72 bits per heavy atom. The van der Waals surface area contributed by atoms with Gasteiger partial charge in [-0.1, -0.05) is 46.5 Å². The van der Waals surface area contributed by atoms with Crippen LogP contribution in [0.5, 0.6) is 0 Å². The molecule has 1 atom stereocenters. The van der Waals surface area contributed by atoms with Crippen molar-refractivity contribution in [2.75, 3.05) is 0 Å². The van der Waals surface area contributed by atoms with E-state index >= 15 is 0 Å². The lowest BCUT2D eigenvalue weighted by Crippen LogP contribution is -2.11. The minimum atomic E-state index is -0.232. The zero-order valence-corrected chi connectivity index (χ0v) is 12.7. The van der Waals surface area contributed by atoms with Gasteiger partial charge in [-0.3, -0.25) is 0 Å². The Hall–Kier alpha value is -0.340. The SMILES string of the molecule is CC(C)(C)c1ccc(C(O)C2CCCCCC2)s1. The molecule has 0 radical (unpaired) electrons. The zero-order valence-electron chi connectivity index (χ0n) is 11.9. The number of thiophene rings is 1. The standard InChI is InChI=1S/C16H26OS/c1-16(2,3)14-11-10-13(18-14)15(17)12-8-6-4-5-7-9-12/h10-12,15,17H,4-9H2,1-3H3. The molecular weight excluding hydrogens is 240 g/mol. The van der Waals surface area contributed by atoms with Gasteiger partial charge in [-0.15, -0.1) is 11.3 Å². The monoisotopic (exact) mass is 266 g/mol. The number of aliphatic hydroxyl groups excluding tert-OH is 1. The first-order chi connectivity index (χ1) is 8.48. The van der Waals surface area contributed by atoms with Crippen molar-refractivity contribution in [1.82, 2.24) is 0 Å². The third kappa shape index (κ3) is 3.36. The third-order valence-electron chi connectivity index (χ3n) is 4.00. The fourth-order valence-corrected chi connectivity index (χ4v) is 3.92. The number of hydrogen-bond donors (Lipinski definition) is 1. The van der Waals surface area contributed by atoms with E-state index in [4.69, 9.17) is 0 Å². The summed E-state index contributed by atoms with van der Waals surface area (Å²) in [4.78, 5) is 2.55. The summed E-state index contributed by atoms with van der Waals surface area (Å²) < 4.78 is 0. The van der Waals surface area contributed by atoms with Crippen LogP contribution in [0.3, 0.4) is 0 Å². The molecule has 1 aliphatic carbocycles. The van der Waals surface area contributed by atoms with E-state index < -0.39 is 0 Å². The van der Waals surface area contributed by atoms with Crippen molar-refractivity contribution < 1.29 is 5.11 Å². The second-order valence-corrected chi connectivity index (χ2v) is 7.76. The minimum Gasteiger partial charge on any atom is -0.387 e. The van der Waals surface area contributed by atoms with Crippen LogP contribution in [0.1, 0.15) is 75.2 Å². The lowest BCUT2D eigenvalue weighted by Gasteiger charge is -2.20. The van der Waals surface area contributed by atoms with Crippen molar-refractivity contribution in [3.05, 3.63) is 21.9 Å². The Balaban J connectivity index is 2.08. The van der Waals surface area contributed by atoms with E-state index in [9.17, 15) is 5.11 Å². The number of aliphatic hydroxyl groups is 1. The summed E-state index contributed by atoms with van der Waals surface area (Å²) in [6, 6.07) is 4.33. The molecule has 2 rings (SSSR count). The lowest BCUT2D eigenvalue weighted by molar-refractivity contribution is 0.102. The van der Waals surface area contributed by atoms with Gasteiger partial charge in [0.1, 0.15) is 0 Å². The van der Waals surface area contributed by atoms with E-state index in [0.717, 1.165) is 0 Å². The molecule has 1 nitrogen and oxygen atoms in total. The van der Waals surface area contributed by atoms with Crippen LogP contribution in [0.15, 0.2) is 12.1 Å². The predicted octanol–water partition coefficient (Wildman–Crippen LogP) is 5.05. The molecule has 0 saturated heterocycles. The first-order valence-corrected chi connectivity index (χ1v) is 8.08. The van der Waals surface area contributed by atoms with E-state index in [0.29, 0.717) is 5.92 Å². The maximum atomic E-state index is 10.6. The van der Waals surface area contributed by atoms with E-state index in [1.165, 1.54) is 48.3 Å². The molecule has 2 heteroatoms. The van der Waals surface area contributed by atoms with E-state index in [1.54, 1.807) is 11.3 Å². The Kier molecular flexibility index (Phi) is 4.50. The van der Waals surface area contributed by atoms with Crippen LogP contribution < -0.4 is 0 Å². The van der Waals surface area contributed by atoms with Crippen LogP contribution in [-0.2, 0) is 5.41 Å². The molecule has 1 fully saturated rings. The van der Waals surface area contributed by atoms with Gasteiger partial charge in [0.05, 0.1) is 6.10 Å². The van der Waals surface area contributed by atoms with Crippen molar-refractivity contribution in [3.63, 3.8) is 0 Å². The van der Waals surface area contributed by atoms with Gasteiger partial charge in [-0.2, -0.15) is 0 Å². The molecule has 0 aromatic carbocycles. The molecule has 1 saturated carbocycles. The fourth-order valence-electron chi connectivity index (χ4n) is 2.77. The smallest absolute Gasteiger partial charge is 0.0910 e. The Bertz CT molecular complexity index is 367. The van der Waals surface area contributed by atoms with Gasteiger partial charge in [0.2, 0.25) is 0 Å². The predicted molar refractivity (Wildman–Crippen MR) is 79.2 cm³/mol. The molecule has 102 valence electrons. The average Bonchev–Trinajstić information content (AvgIpc) is 2.65. The lowest BCUT2D eigenvalue weighted by atomic mass is 9.92. The van der Waals surface area contributed by atoms with Gasteiger partial charge in [0.25, 0.3) is 0 Å². The highest BCUT2D eigenvalue weighted by Crippen LogP contribution is 2.38. The first-order valence-electron chi connectivity index (χ1n) is 7.27. The normalized spacial score (nSPS) is 20.7. The molecule has 1 aromatic heterocycles. The summed E-state index contributed by atoms with van der Waals surface area (Å²) in [7, 11) is 0. The average molecular weight is 266 g/mol. The summed E-state index contributed by atoms with van der Waals surface area (Å²) in [5.74, 6) is 0.485. The molecule has 1 N–H and O–H groups in total. The van der Waals surface area contributed by atoms with Crippen LogP contribution in [0, 0.1) is 5.92 Å². The molecule has 18 heavy (non-hydrogen) atoms. The highest BCUT2D eigenvalue weighted by atomic mass is 32.1. The molecule has 0 aliphatic heterocycles. The molecule has 0 amide bonds. The fraction of sp³-hybridized carbons (Fsp3) is 0.750. The van der Waals surface area contributed by atoms with E-state index in [-0.39, 0.29) is 11.5 Å². The largest absolute Gasteiger partial charge is 0.387 e. The second-order valence-electron chi connectivity index (χ2n) is 6.65. The second kappa shape index (κ2) is 5.75. The first kappa shape index (κ1) is 14.1. The summed E-state index contributed by atoms with van der Waals surface area (Å²) in [6.45, 7) is 6.71. The van der Waals surface area contributed by atoms with Crippen molar-refractivity contribution in [3.8, 4) is 0 Å². The van der Waals surface area contributed by atoms with Crippen LogP contribution in [0.4, 0.5) is 0 Å². The summed E-state index contributed by atoms with van der Waals surface area (Å²) in [5.41, 5.74) is 0.200. The number of hydrogen-bond acceptors (Lipinski definition) is 2. The van der Waals surface area contributed by atoms with Crippen molar-refractivity contribution in [2.24, 2.45) is 5.92 Å². The van der Waals surface area contributed by atoms with Gasteiger partial charge >= 0.3 is 0 Å². The quantitative estimate of drug-likeness (QED) is 0.743. The molecule has 1 aromatic rings.